The van der Waals surface area contributed by atoms with Crippen molar-refractivity contribution in [2.75, 3.05) is 0 Å². The van der Waals surface area contributed by atoms with E-state index in [-0.39, 0.29) is 11.9 Å². The van der Waals surface area contributed by atoms with Gasteiger partial charge >= 0.3 is 0 Å². The number of amides is 1. The van der Waals surface area contributed by atoms with E-state index in [1.54, 1.807) is 18.5 Å². The normalized spacial score (nSPS) is 11.7. The Morgan fingerprint density at radius 2 is 2.14 bits per heavy atom. The van der Waals surface area contributed by atoms with Gasteiger partial charge in [0.15, 0.2) is 10.6 Å². The van der Waals surface area contributed by atoms with Crippen LogP contribution in [0.4, 0.5) is 0 Å². The quantitative estimate of drug-likeness (QED) is 0.656. The SMILES string of the molecule is CC(=CC(=O)NCc1n[nH]c(=S)n1C(C)C)c1ccncc1. The molecule has 6 nitrogen and oxygen atoms in total. The van der Waals surface area contributed by atoms with Gasteiger partial charge in [-0.05, 0) is 56.3 Å². The minimum Gasteiger partial charge on any atom is -0.345 e. The molecule has 1 amide bonds. The summed E-state index contributed by atoms with van der Waals surface area (Å²) in [7, 11) is 0. The summed E-state index contributed by atoms with van der Waals surface area (Å²) >= 11 is 5.18. The number of aromatic amines is 1. The van der Waals surface area contributed by atoms with Crippen LogP contribution in [0.25, 0.3) is 5.57 Å². The van der Waals surface area contributed by atoms with Crippen LogP contribution in [0.15, 0.2) is 30.6 Å². The van der Waals surface area contributed by atoms with Crippen LogP contribution in [-0.4, -0.2) is 25.7 Å². The average Bonchev–Trinajstić information content (AvgIpc) is 2.87. The standard InChI is InChI=1S/C15H19N5OS/c1-10(2)20-13(18-19-15(20)22)9-17-14(21)8-11(3)12-4-6-16-7-5-12/h4-8,10H,9H2,1-3H3,(H,17,21)(H,19,22). The maximum Gasteiger partial charge on any atom is 0.244 e. The lowest BCUT2D eigenvalue weighted by Crippen LogP contribution is -2.23. The van der Waals surface area contributed by atoms with Crippen LogP contribution in [0.2, 0.25) is 0 Å². The van der Waals surface area contributed by atoms with Gasteiger partial charge in [0.05, 0.1) is 6.54 Å². The molecule has 2 aromatic rings. The van der Waals surface area contributed by atoms with Crippen molar-refractivity contribution in [1.29, 1.82) is 0 Å². The van der Waals surface area contributed by atoms with Crippen molar-refractivity contribution in [1.82, 2.24) is 25.1 Å². The van der Waals surface area contributed by atoms with E-state index >= 15 is 0 Å². The minimum atomic E-state index is -0.168. The Hall–Kier alpha value is -2.28. The highest BCUT2D eigenvalue weighted by atomic mass is 32.1. The van der Waals surface area contributed by atoms with Crippen molar-refractivity contribution in [3.05, 3.63) is 46.8 Å². The van der Waals surface area contributed by atoms with Crippen molar-refractivity contribution in [2.45, 2.75) is 33.4 Å². The van der Waals surface area contributed by atoms with Crippen LogP contribution < -0.4 is 5.32 Å². The second kappa shape index (κ2) is 7.13. The van der Waals surface area contributed by atoms with Crippen molar-refractivity contribution in [3.63, 3.8) is 0 Å². The van der Waals surface area contributed by atoms with E-state index < -0.39 is 0 Å². The lowest BCUT2D eigenvalue weighted by atomic mass is 10.1. The number of nitrogens with zero attached hydrogens (tertiary/aromatic N) is 3. The Kier molecular flexibility index (Phi) is 5.21. The molecule has 0 spiro atoms. The number of hydrogen-bond donors (Lipinski definition) is 2. The predicted octanol–water partition coefficient (Wildman–Crippen LogP) is 2.64. The van der Waals surface area contributed by atoms with E-state index in [0.717, 1.165) is 11.1 Å². The summed E-state index contributed by atoms with van der Waals surface area (Å²) in [6.45, 7) is 6.25. The van der Waals surface area contributed by atoms with Crippen molar-refractivity contribution >= 4 is 23.7 Å². The minimum absolute atomic E-state index is 0.168. The fourth-order valence-electron chi connectivity index (χ4n) is 2.11. The van der Waals surface area contributed by atoms with E-state index in [2.05, 4.69) is 20.5 Å². The Labute approximate surface area is 134 Å². The first-order valence-corrected chi connectivity index (χ1v) is 7.42. The summed E-state index contributed by atoms with van der Waals surface area (Å²) in [4.78, 5) is 16.0. The summed E-state index contributed by atoms with van der Waals surface area (Å²) in [5.74, 6) is 0.543. The number of rotatable bonds is 5. The number of hydrogen-bond acceptors (Lipinski definition) is 4. The van der Waals surface area contributed by atoms with Crippen LogP contribution in [0.1, 0.15) is 38.2 Å². The fraction of sp³-hybridized carbons (Fsp3) is 0.333. The summed E-state index contributed by atoms with van der Waals surface area (Å²) in [6, 6.07) is 3.92. The molecule has 0 aromatic carbocycles. The Morgan fingerprint density at radius 1 is 1.45 bits per heavy atom. The van der Waals surface area contributed by atoms with Gasteiger partial charge in [-0.15, -0.1) is 0 Å². The molecular weight excluding hydrogens is 298 g/mol. The number of nitrogens with one attached hydrogen (secondary N) is 2. The van der Waals surface area contributed by atoms with Crippen LogP contribution in [0.3, 0.4) is 0 Å². The van der Waals surface area contributed by atoms with Gasteiger partial charge in [0, 0.05) is 24.5 Å². The molecule has 0 saturated heterocycles. The molecular formula is C15H19N5OS. The van der Waals surface area contributed by atoms with Crippen LogP contribution in [-0.2, 0) is 11.3 Å². The molecule has 2 heterocycles. The highest BCUT2D eigenvalue weighted by Gasteiger charge is 2.10. The first-order chi connectivity index (χ1) is 10.5. The van der Waals surface area contributed by atoms with Crippen molar-refractivity contribution in [2.24, 2.45) is 0 Å². The first-order valence-electron chi connectivity index (χ1n) is 7.01. The van der Waals surface area contributed by atoms with Gasteiger partial charge in [-0.3, -0.25) is 14.9 Å². The topological polar surface area (TPSA) is 75.6 Å². The number of carbonyl (C=O) groups excluding carboxylic acids is 1. The number of H-pyrrole nitrogens is 1. The molecule has 2 rings (SSSR count). The molecule has 2 aromatic heterocycles. The largest absolute Gasteiger partial charge is 0.345 e. The maximum atomic E-state index is 12.0. The third-order valence-corrected chi connectivity index (χ3v) is 3.49. The Balaban J connectivity index is 2.03. The average molecular weight is 317 g/mol. The molecule has 22 heavy (non-hydrogen) atoms. The molecule has 7 heteroatoms. The highest BCUT2D eigenvalue weighted by Crippen LogP contribution is 2.11. The van der Waals surface area contributed by atoms with E-state index in [1.165, 1.54) is 0 Å². The predicted molar refractivity (Wildman–Crippen MR) is 87.5 cm³/mol. The van der Waals surface area contributed by atoms with Gasteiger partial charge in [0.2, 0.25) is 5.91 Å². The zero-order valence-corrected chi connectivity index (χ0v) is 13.6. The summed E-state index contributed by atoms with van der Waals surface area (Å²) in [6.07, 6.45) is 4.96. The van der Waals surface area contributed by atoms with Gasteiger partial charge in [-0.2, -0.15) is 5.10 Å². The molecule has 2 N–H and O–H groups in total. The van der Waals surface area contributed by atoms with Gasteiger partial charge in [0.1, 0.15) is 0 Å². The second-order valence-corrected chi connectivity index (χ2v) is 5.58. The van der Waals surface area contributed by atoms with E-state index in [9.17, 15) is 4.79 Å². The first kappa shape index (κ1) is 16.1. The lowest BCUT2D eigenvalue weighted by Gasteiger charge is -2.10. The van der Waals surface area contributed by atoms with Crippen LogP contribution >= 0.6 is 12.2 Å². The third kappa shape index (κ3) is 3.88. The molecule has 0 saturated carbocycles. The Morgan fingerprint density at radius 3 is 2.77 bits per heavy atom. The van der Waals surface area contributed by atoms with Gasteiger partial charge in [-0.1, -0.05) is 0 Å². The molecule has 116 valence electrons. The number of pyridine rings is 1. The zero-order valence-electron chi connectivity index (χ0n) is 12.8. The van der Waals surface area contributed by atoms with Gasteiger partial charge in [-0.25, -0.2) is 0 Å². The molecule has 0 aliphatic carbocycles. The molecule has 0 aliphatic rings. The molecule has 0 radical (unpaired) electrons. The van der Waals surface area contributed by atoms with E-state index in [4.69, 9.17) is 12.2 Å². The number of carbonyl (C=O) groups is 1. The summed E-state index contributed by atoms with van der Waals surface area (Å²) in [5, 5.41) is 9.73. The summed E-state index contributed by atoms with van der Waals surface area (Å²) in [5.41, 5.74) is 1.85. The van der Waals surface area contributed by atoms with Crippen LogP contribution in [0, 0.1) is 4.77 Å². The third-order valence-electron chi connectivity index (χ3n) is 3.20. The monoisotopic (exact) mass is 317 g/mol. The highest BCUT2D eigenvalue weighted by molar-refractivity contribution is 7.71. The summed E-state index contributed by atoms with van der Waals surface area (Å²) < 4.78 is 2.44. The molecule has 0 bridgehead atoms. The van der Waals surface area contributed by atoms with Gasteiger partial charge < -0.3 is 9.88 Å². The molecule has 0 atom stereocenters. The molecule has 0 aliphatic heterocycles. The lowest BCUT2D eigenvalue weighted by molar-refractivity contribution is -0.116. The number of aromatic nitrogens is 4. The van der Waals surface area contributed by atoms with E-state index in [1.807, 2.05) is 37.5 Å². The zero-order chi connectivity index (χ0) is 16.1. The van der Waals surface area contributed by atoms with E-state index in [0.29, 0.717) is 17.1 Å². The second-order valence-electron chi connectivity index (χ2n) is 5.19. The number of allylic oxidation sites excluding steroid dienone is 1. The maximum absolute atomic E-state index is 12.0. The van der Waals surface area contributed by atoms with Crippen molar-refractivity contribution in [3.8, 4) is 0 Å². The van der Waals surface area contributed by atoms with Crippen LogP contribution in [0.5, 0.6) is 0 Å². The Bertz CT molecular complexity index is 730. The molecule has 0 fully saturated rings. The van der Waals surface area contributed by atoms with Gasteiger partial charge in [0.25, 0.3) is 0 Å². The molecule has 0 unspecified atom stereocenters. The van der Waals surface area contributed by atoms with Crippen molar-refractivity contribution < 1.29 is 4.79 Å². The smallest absolute Gasteiger partial charge is 0.244 e. The fourth-order valence-corrected chi connectivity index (χ4v) is 2.47.